The van der Waals surface area contributed by atoms with E-state index in [9.17, 15) is 4.55 Å². The lowest BCUT2D eigenvalue weighted by Crippen LogP contribution is -2.18. The van der Waals surface area contributed by atoms with Gasteiger partial charge in [0.05, 0.1) is 4.75 Å². The molecule has 0 aliphatic heterocycles. The van der Waals surface area contributed by atoms with Crippen LogP contribution < -0.4 is 0 Å². The summed E-state index contributed by atoms with van der Waals surface area (Å²) in [5, 5.41) is 0. The van der Waals surface area contributed by atoms with Gasteiger partial charge in [-0.15, -0.1) is 0 Å². The summed E-state index contributed by atoms with van der Waals surface area (Å²) < 4.78 is 9.29. The molecule has 100 valence electrons. The largest absolute Gasteiger partial charge is 0.329 e. The Labute approximate surface area is 112 Å². The highest BCUT2D eigenvalue weighted by atomic mass is 32.2. The fraction of sp³-hybridized carbons (Fsp3) is 0.733. The Bertz CT molecular complexity index is 209. The van der Waals surface area contributed by atoms with Gasteiger partial charge in [-0.3, -0.25) is 0 Å². The Morgan fingerprint density at radius 3 is 1.94 bits per heavy atom. The Balaban J connectivity index is 4.00. The van der Waals surface area contributed by atoms with Crippen LogP contribution in [0.25, 0.3) is 0 Å². The van der Waals surface area contributed by atoms with E-state index in [1.807, 2.05) is 26.0 Å². The van der Waals surface area contributed by atoms with Gasteiger partial charge in [0.15, 0.2) is 0 Å². The maximum absolute atomic E-state index is 9.49. The summed E-state index contributed by atoms with van der Waals surface area (Å²) in [6.45, 7) is 6.26. The van der Waals surface area contributed by atoms with E-state index in [0.29, 0.717) is 0 Å². The lowest BCUT2D eigenvalue weighted by Gasteiger charge is -2.23. The monoisotopic (exact) mass is 256 g/mol. The standard InChI is InChI=1S/C15H28OS/c1-4-7-8-9-10-11-14-15(17-16,12-5-2)13-6-3/h5-6,12-13,16H,4,7-11,14H2,1-3H3. The Morgan fingerprint density at radius 2 is 1.47 bits per heavy atom. The van der Waals surface area contributed by atoms with Crippen molar-refractivity contribution in [3.63, 3.8) is 0 Å². The summed E-state index contributed by atoms with van der Waals surface area (Å²) in [6.07, 6.45) is 17.1. The lowest BCUT2D eigenvalue weighted by molar-refractivity contribution is 0.562. The average Bonchev–Trinajstić information content (AvgIpc) is 2.34. The van der Waals surface area contributed by atoms with E-state index >= 15 is 0 Å². The molecule has 0 fully saturated rings. The molecule has 0 aromatic rings. The summed E-state index contributed by atoms with van der Waals surface area (Å²) in [5.74, 6) is 0. The topological polar surface area (TPSA) is 20.2 Å². The van der Waals surface area contributed by atoms with Crippen molar-refractivity contribution >= 4 is 12.0 Å². The Hall–Kier alpha value is -0.210. The van der Waals surface area contributed by atoms with E-state index in [-0.39, 0.29) is 4.75 Å². The quantitative estimate of drug-likeness (QED) is 0.301. The second-order valence-corrected chi connectivity index (χ2v) is 5.51. The fourth-order valence-electron chi connectivity index (χ4n) is 2.07. The zero-order valence-electron chi connectivity index (χ0n) is 11.6. The van der Waals surface area contributed by atoms with Crippen molar-refractivity contribution in [2.24, 2.45) is 0 Å². The van der Waals surface area contributed by atoms with Gasteiger partial charge in [-0.05, 0) is 20.3 Å². The zero-order chi connectivity index (χ0) is 13.0. The van der Waals surface area contributed by atoms with E-state index in [1.54, 1.807) is 0 Å². The van der Waals surface area contributed by atoms with Gasteiger partial charge in [0, 0.05) is 12.0 Å². The van der Waals surface area contributed by atoms with E-state index < -0.39 is 0 Å². The van der Waals surface area contributed by atoms with Gasteiger partial charge in [-0.2, -0.15) is 0 Å². The minimum atomic E-state index is -0.200. The molecule has 0 radical (unpaired) electrons. The van der Waals surface area contributed by atoms with Crippen LogP contribution in [0.3, 0.4) is 0 Å². The van der Waals surface area contributed by atoms with Crippen molar-refractivity contribution in [2.75, 3.05) is 0 Å². The highest BCUT2D eigenvalue weighted by molar-refractivity contribution is 7.95. The molecule has 0 bridgehead atoms. The van der Waals surface area contributed by atoms with Crippen LogP contribution in [0.2, 0.25) is 0 Å². The molecule has 0 saturated heterocycles. The molecular weight excluding hydrogens is 228 g/mol. The van der Waals surface area contributed by atoms with Gasteiger partial charge >= 0.3 is 0 Å². The predicted octanol–water partition coefficient (Wildman–Crippen LogP) is 5.83. The second kappa shape index (κ2) is 10.9. The first-order chi connectivity index (χ1) is 8.24. The van der Waals surface area contributed by atoms with Gasteiger partial charge in [0.25, 0.3) is 0 Å². The first-order valence-corrected chi connectivity index (χ1v) is 7.62. The van der Waals surface area contributed by atoms with Gasteiger partial charge in [0.2, 0.25) is 0 Å². The highest BCUT2D eigenvalue weighted by Gasteiger charge is 2.23. The molecule has 2 heteroatoms. The molecule has 0 aromatic carbocycles. The maximum atomic E-state index is 9.49. The molecule has 0 aromatic heterocycles. The molecule has 0 spiro atoms. The van der Waals surface area contributed by atoms with Crippen LogP contribution in [0.1, 0.15) is 65.7 Å². The zero-order valence-corrected chi connectivity index (χ0v) is 12.4. The van der Waals surface area contributed by atoms with Gasteiger partial charge in [-0.25, -0.2) is 0 Å². The van der Waals surface area contributed by atoms with Crippen LogP contribution in [-0.2, 0) is 0 Å². The van der Waals surface area contributed by atoms with Crippen molar-refractivity contribution in [2.45, 2.75) is 70.5 Å². The summed E-state index contributed by atoms with van der Waals surface area (Å²) in [6, 6.07) is 0. The Morgan fingerprint density at radius 1 is 0.941 bits per heavy atom. The van der Waals surface area contributed by atoms with Crippen molar-refractivity contribution in [1.29, 1.82) is 0 Å². The number of allylic oxidation sites excluding steroid dienone is 2. The molecule has 0 heterocycles. The SMILES string of the molecule is CC=CC(C=CC)(CCCCCCCC)SO. The summed E-state index contributed by atoms with van der Waals surface area (Å²) in [7, 11) is 0. The second-order valence-electron chi connectivity index (χ2n) is 4.56. The van der Waals surface area contributed by atoms with Crippen LogP contribution in [-0.4, -0.2) is 9.30 Å². The molecule has 0 amide bonds. The summed E-state index contributed by atoms with van der Waals surface area (Å²) in [4.78, 5) is 0. The fourth-order valence-corrected chi connectivity index (χ4v) is 2.70. The van der Waals surface area contributed by atoms with Gasteiger partial charge in [0.1, 0.15) is 0 Å². The average molecular weight is 256 g/mol. The predicted molar refractivity (Wildman–Crippen MR) is 80.6 cm³/mol. The van der Waals surface area contributed by atoms with Crippen molar-refractivity contribution in [3.05, 3.63) is 24.3 Å². The Kier molecular flexibility index (Phi) is 10.8. The smallest absolute Gasteiger partial charge is 0.0778 e. The van der Waals surface area contributed by atoms with Crippen LogP contribution >= 0.6 is 12.0 Å². The maximum Gasteiger partial charge on any atom is 0.0778 e. The molecule has 0 unspecified atom stereocenters. The van der Waals surface area contributed by atoms with E-state index in [1.165, 1.54) is 38.5 Å². The number of unbranched alkanes of at least 4 members (excludes halogenated alkanes) is 5. The third-order valence-corrected chi connectivity index (χ3v) is 3.80. The number of rotatable bonds is 10. The van der Waals surface area contributed by atoms with Gasteiger partial charge in [-0.1, -0.05) is 69.8 Å². The number of hydrogen-bond donors (Lipinski definition) is 1. The molecule has 0 saturated carbocycles. The molecule has 1 nitrogen and oxygen atoms in total. The normalized spacial score (nSPS) is 15.8. The third-order valence-electron chi connectivity index (χ3n) is 2.99. The van der Waals surface area contributed by atoms with Crippen LogP contribution in [0.15, 0.2) is 24.3 Å². The molecular formula is C15H28OS. The third kappa shape index (κ3) is 7.67. The molecule has 0 rings (SSSR count). The first kappa shape index (κ1) is 16.8. The van der Waals surface area contributed by atoms with E-state index in [2.05, 4.69) is 19.1 Å². The first-order valence-electron chi connectivity index (χ1n) is 6.85. The summed E-state index contributed by atoms with van der Waals surface area (Å²) in [5.41, 5.74) is 0. The highest BCUT2D eigenvalue weighted by Crippen LogP contribution is 2.32. The van der Waals surface area contributed by atoms with E-state index in [4.69, 9.17) is 0 Å². The lowest BCUT2D eigenvalue weighted by atomic mass is 9.98. The van der Waals surface area contributed by atoms with Crippen molar-refractivity contribution < 1.29 is 4.55 Å². The van der Waals surface area contributed by atoms with Crippen LogP contribution in [0.4, 0.5) is 0 Å². The van der Waals surface area contributed by atoms with Crippen LogP contribution in [0.5, 0.6) is 0 Å². The summed E-state index contributed by atoms with van der Waals surface area (Å²) >= 11 is 0.961. The van der Waals surface area contributed by atoms with Gasteiger partial charge < -0.3 is 4.55 Å². The number of hydrogen-bond acceptors (Lipinski definition) is 2. The molecule has 1 N–H and O–H groups in total. The van der Waals surface area contributed by atoms with E-state index in [0.717, 1.165) is 18.5 Å². The molecule has 0 atom stereocenters. The molecule has 0 aliphatic carbocycles. The molecule has 17 heavy (non-hydrogen) atoms. The van der Waals surface area contributed by atoms with Crippen molar-refractivity contribution in [1.82, 2.24) is 0 Å². The molecule has 0 aliphatic rings. The van der Waals surface area contributed by atoms with Crippen LogP contribution in [0, 0.1) is 0 Å². The minimum Gasteiger partial charge on any atom is -0.329 e. The minimum absolute atomic E-state index is 0.200. The van der Waals surface area contributed by atoms with Crippen molar-refractivity contribution in [3.8, 4) is 0 Å².